The predicted octanol–water partition coefficient (Wildman–Crippen LogP) is 2.67. The van der Waals surface area contributed by atoms with Gasteiger partial charge in [0.2, 0.25) is 5.88 Å². The number of aromatic nitrogens is 3. The summed E-state index contributed by atoms with van der Waals surface area (Å²) in [7, 11) is 0. The normalized spacial score (nSPS) is 10.9. The van der Waals surface area contributed by atoms with Crippen molar-refractivity contribution in [2.75, 3.05) is 6.61 Å². The number of ether oxygens (including phenoxy) is 1. The van der Waals surface area contributed by atoms with Gasteiger partial charge in [0.15, 0.2) is 0 Å². The maximum atomic E-state index is 11.1. The lowest BCUT2D eigenvalue weighted by Gasteiger charge is -2.09. The first-order chi connectivity index (χ1) is 10.2. The van der Waals surface area contributed by atoms with Gasteiger partial charge in [0.05, 0.1) is 17.7 Å². The van der Waals surface area contributed by atoms with E-state index in [1.165, 1.54) is 12.4 Å². The van der Waals surface area contributed by atoms with Crippen LogP contribution in [0.5, 0.6) is 5.88 Å². The van der Waals surface area contributed by atoms with Gasteiger partial charge in [-0.3, -0.25) is 0 Å². The number of nitrogens with zero attached hydrogens (tertiary/aromatic N) is 3. The molecule has 0 aliphatic heterocycles. The van der Waals surface area contributed by atoms with Crippen molar-refractivity contribution in [3.8, 4) is 5.88 Å². The Balaban J connectivity index is 2.30. The summed E-state index contributed by atoms with van der Waals surface area (Å²) in [4.78, 5) is 23.7. The van der Waals surface area contributed by atoms with Gasteiger partial charge in [-0.05, 0) is 18.6 Å². The van der Waals surface area contributed by atoms with Gasteiger partial charge in [0, 0.05) is 17.0 Å². The van der Waals surface area contributed by atoms with E-state index >= 15 is 0 Å². The van der Waals surface area contributed by atoms with Crippen molar-refractivity contribution in [1.82, 2.24) is 15.0 Å². The number of hydrogen-bond donors (Lipinski definition) is 1. The third kappa shape index (κ3) is 2.35. The summed E-state index contributed by atoms with van der Waals surface area (Å²) in [6.07, 6.45) is 3.98. The number of carboxylic acids is 1. The minimum Gasteiger partial charge on any atom is -0.478 e. The number of rotatable bonds is 4. The molecule has 0 fully saturated rings. The summed E-state index contributed by atoms with van der Waals surface area (Å²) >= 11 is 0. The fraction of sp³-hybridized carbons (Fsp3) is 0.200. The van der Waals surface area contributed by atoms with E-state index < -0.39 is 5.97 Å². The number of fused-ring (bicyclic) bond motifs is 3. The van der Waals surface area contributed by atoms with Crippen LogP contribution in [0, 0.1) is 0 Å². The van der Waals surface area contributed by atoms with E-state index in [0.29, 0.717) is 23.5 Å². The van der Waals surface area contributed by atoms with Crippen LogP contribution in [0.25, 0.3) is 21.8 Å². The first-order valence-corrected chi connectivity index (χ1v) is 6.60. The summed E-state index contributed by atoms with van der Waals surface area (Å²) in [5.41, 5.74) is 1.38. The number of carboxylic acid groups (broad SMARTS) is 1. The maximum absolute atomic E-state index is 11.1. The largest absolute Gasteiger partial charge is 0.478 e. The molecule has 0 bridgehead atoms. The van der Waals surface area contributed by atoms with E-state index in [9.17, 15) is 4.79 Å². The third-order valence-corrected chi connectivity index (χ3v) is 3.11. The van der Waals surface area contributed by atoms with Crippen molar-refractivity contribution in [2.24, 2.45) is 0 Å². The topological polar surface area (TPSA) is 85.2 Å². The molecule has 0 radical (unpaired) electrons. The van der Waals surface area contributed by atoms with Crippen molar-refractivity contribution in [1.29, 1.82) is 0 Å². The molecule has 0 spiro atoms. The van der Waals surface area contributed by atoms with Gasteiger partial charge in [-0.1, -0.05) is 13.0 Å². The van der Waals surface area contributed by atoms with Crippen LogP contribution in [-0.4, -0.2) is 32.6 Å². The minimum absolute atomic E-state index is 0.188. The first kappa shape index (κ1) is 13.2. The second-order valence-corrected chi connectivity index (χ2v) is 4.59. The van der Waals surface area contributed by atoms with Crippen LogP contribution in [0.3, 0.4) is 0 Å². The van der Waals surface area contributed by atoms with Crippen molar-refractivity contribution >= 4 is 27.8 Å². The Bertz CT molecular complexity index is 833. The van der Waals surface area contributed by atoms with Crippen LogP contribution in [0.4, 0.5) is 0 Å². The highest BCUT2D eigenvalue weighted by Crippen LogP contribution is 2.29. The number of carbonyl (C=O) groups is 1. The molecule has 106 valence electrons. The molecule has 6 nitrogen and oxygen atoms in total. The van der Waals surface area contributed by atoms with Gasteiger partial charge in [-0.2, -0.15) is 0 Å². The van der Waals surface area contributed by atoms with Crippen LogP contribution in [0.15, 0.2) is 30.7 Å². The molecule has 2 aromatic heterocycles. The molecule has 3 aromatic rings. The highest BCUT2D eigenvalue weighted by atomic mass is 16.5. The summed E-state index contributed by atoms with van der Waals surface area (Å²) < 4.78 is 5.63. The molecule has 1 N–H and O–H groups in total. The Morgan fingerprint density at radius 1 is 1.33 bits per heavy atom. The number of hydrogen-bond acceptors (Lipinski definition) is 5. The maximum Gasteiger partial charge on any atom is 0.335 e. The van der Waals surface area contributed by atoms with Crippen LogP contribution >= 0.6 is 0 Å². The molecule has 0 aliphatic carbocycles. The van der Waals surface area contributed by atoms with E-state index in [1.807, 2.05) is 6.92 Å². The Morgan fingerprint density at radius 2 is 2.19 bits per heavy atom. The van der Waals surface area contributed by atoms with E-state index in [-0.39, 0.29) is 5.56 Å². The zero-order valence-corrected chi connectivity index (χ0v) is 11.4. The highest BCUT2D eigenvalue weighted by Gasteiger charge is 2.12. The zero-order valence-electron chi connectivity index (χ0n) is 11.4. The van der Waals surface area contributed by atoms with Crippen molar-refractivity contribution in [3.05, 3.63) is 36.3 Å². The quantitative estimate of drug-likeness (QED) is 0.741. The van der Waals surface area contributed by atoms with Crippen LogP contribution in [0.2, 0.25) is 0 Å². The summed E-state index contributed by atoms with van der Waals surface area (Å²) in [6.45, 7) is 2.52. The fourth-order valence-electron chi connectivity index (χ4n) is 2.14. The van der Waals surface area contributed by atoms with Gasteiger partial charge in [-0.25, -0.2) is 19.7 Å². The lowest BCUT2D eigenvalue weighted by atomic mass is 10.1. The summed E-state index contributed by atoms with van der Waals surface area (Å²) in [6, 6.07) is 4.80. The SMILES string of the molecule is CCCOc1nc2cc(C(=O)O)ccc2c2cncnc12. The smallest absolute Gasteiger partial charge is 0.335 e. The van der Waals surface area contributed by atoms with Gasteiger partial charge in [0.25, 0.3) is 0 Å². The molecule has 2 heterocycles. The van der Waals surface area contributed by atoms with E-state index in [0.717, 1.165) is 17.2 Å². The van der Waals surface area contributed by atoms with Crippen molar-refractivity contribution in [2.45, 2.75) is 13.3 Å². The van der Waals surface area contributed by atoms with Gasteiger partial charge in [-0.15, -0.1) is 0 Å². The molecule has 3 rings (SSSR count). The molecular formula is C15H13N3O3. The second-order valence-electron chi connectivity index (χ2n) is 4.59. The van der Waals surface area contributed by atoms with E-state index in [1.54, 1.807) is 18.3 Å². The Labute approximate surface area is 120 Å². The highest BCUT2D eigenvalue weighted by molar-refractivity contribution is 6.07. The molecule has 0 atom stereocenters. The first-order valence-electron chi connectivity index (χ1n) is 6.60. The molecule has 0 saturated heterocycles. The van der Waals surface area contributed by atoms with Crippen LogP contribution < -0.4 is 4.74 Å². The molecule has 0 amide bonds. The molecule has 21 heavy (non-hydrogen) atoms. The van der Waals surface area contributed by atoms with Crippen LogP contribution in [-0.2, 0) is 0 Å². The third-order valence-electron chi connectivity index (χ3n) is 3.11. The fourth-order valence-corrected chi connectivity index (χ4v) is 2.14. The number of benzene rings is 1. The Kier molecular flexibility index (Phi) is 3.35. The molecule has 0 saturated carbocycles. The summed E-state index contributed by atoms with van der Waals surface area (Å²) in [5.74, 6) is -0.580. The number of aromatic carboxylic acids is 1. The van der Waals surface area contributed by atoms with Crippen molar-refractivity contribution in [3.63, 3.8) is 0 Å². The van der Waals surface area contributed by atoms with Gasteiger partial charge < -0.3 is 9.84 Å². The lowest BCUT2D eigenvalue weighted by Crippen LogP contribution is -2.01. The monoisotopic (exact) mass is 283 g/mol. The van der Waals surface area contributed by atoms with Crippen molar-refractivity contribution < 1.29 is 14.6 Å². The molecule has 0 unspecified atom stereocenters. The van der Waals surface area contributed by atoms with Gasteiger partial charge >= 0.3 is 5.97 Å². The molecule has 0 aliphatic rings. The minimum atomic E-state index is -0.987. The number of pyridine rings is 1. The Morgan fingerprint density at radius 3 is 2.95 bits per heavy atom. The Hall–Kier alpha value is -2.76. The van der Waals surface area contributed by atoms with E-state index in [2.05, 4.69) is 15.0 Å². The lowest BCUT2D eigenvalue weighted by molar-refractivity contribution is 0.0697. The van der Waals surface area contributed by atoms with E-state index in [4.69, 9.17) is 9.84 Å². The molecule has 6 heteroatoms. The average molecular weight is 283 g/mol. The van der Waals surface area contributed by atoms with Crippen LogP contribution in [0.1, 0.15) is 23.7 Å². The standard InChI is InChI=1S/C15H13N3O3/c1-2-5-21-14-13-11(7-16-8-17-13)10-4-3-9(15(19)20)6-12(10)18-14/h3-4,6-8H,2,5H2,1H3,(H,19,20). The predicted molar refractivity (Wildman–Crippen MR) is 77.6 cm³/mol. The molecule has 1 aromatic carbocycles. The second kappa shape index (κ2) is 5.32. The summed E-state index contributed by atoms with van der Waals surface area (Å²) in [5, 5.41) is 10.7. The average Bonchev–Trinajstić information content (AvgIpc) is 2.52. The zero-order chi connectivity index (χ0) is 14.8. The molecular weight excluding hydrogens is 270 g/mol. The van der Waals surface area contributed by atoms with Gasteiger partial charge in [0.1, 0.15) is 11.8 Å².